The second kappa shape index (κ2) is 7.41. The largest absolute Gasteiger partial charge is 0.380 e. The van der Waals surface area contributed by atoms with Crippen LogP contribution >= 0.6 is 11.6 Å². The summed E-state index contributed by atoms with van der Waals surface area (Å²) in [5.41, 5.74) is 2.59. The molecule has 0 bridgehead atoms. The number of halogens is 1. The molecule has 0 radical (unpaired) electrons. The summed E-state index contributed by atoms with van der Waals surface area (Å²) >= 11 is 5.86. The Kier molecular flexibility index (Phi) is 6.45. The first-order chi connectivity index (χ1) is 9.34. The van der Waals surface area contributed by atoms with Crippen molar-refractivity contribution in [2.45, 2.75) is 31.5 Å². The SMILES string of the molecule is CCOCCN(C)S(=O)(=O)c1cc(CCl)c(C)cc1C. The lowest BCUT2D eigenvalue weighted by Gasteiger charge is -2.19. The van der Waals surface area contributed by atoms with E-state index < -0.39 is 10.0 Å². The van der Waals surface area contributed by atoms with Crippen molar-refractivity contribution in [3.05, 3.63) is 28.8 Å². The maximum atomic E-state index is 12.6. The summed E-state index contributed by atoms with van der Waals surface area (Å²) < 4.78 is 31.6. The zero-order valence-electron chi connectivity index (χ0n) is 12.4. The molecule has 1 aromatic carbocycles. The highest BCUT2D eigenvalue weighted by atomic mass is 35.5. The van der Waals surface area contributed by atoms with Gasteiger partial charge in [0.1, 0.15) is 0 Å². The fourth-order valence-electron chi connectivity index (χ4n) is 1.92. The molecule has 0 aromatic heterocycles. The summed E-state index contributed by atoms with van der Waals surface area (Å²) in [4.78, 5) is 0.317. The Balaban J connectivity index is 3.08. The molecule has 0 aliphatic heterocycles. The van der Waals surface area contributed by atoms with Crippen LogP contribution in [0, 0.1) is 13.8 Å². The number of nitrogens with zero attached hydrogens (tertiary/aromatic N) is 1. The average molecular weight is 320 g/mol. The van der Waals surface area contributed by atoms with Gasteiger partial charge in [-0.15, -0.1) is 11.6 Å². The van der Waals surface area contributed by atoms with Crippen LogP contribution in [-0.4, -0.2) is 39.5 Å². The van der Waals surface area contributed by atoms with Crippen molar-refractivity contribution in [3.63, 3.8) is 0 Å². The van der Waals surface area contributed by atoms with Gasteiger partial charge in [-0.1, -0.05) is 6.07 Å². The second-order valence-corrected chi connectivity index (χ2v) is 6.98. The van der Waals surface area contributed by atoms with E-state index in [0.29, 0.717) is 30.5 Å². The van der Waals surface area contributed by atoms with Gasteiger partial charge in [0, 0.05) is 26.1 Å². The van der Waals surface area contributed by atoms with Crippen molar-refractivity contribution in [2.75, 3.05) is 26.8 Å². The van der Waals surface area contributed by atoms with Crippen LogP contribution in [0.25, 0.3) is 0 Å². The highest BCUT2D eigenvalue weighted by Gasteiger charge is 2.23. The number of aryl methyl sites for hydroxylation is 2. The predicted molar refractivity (Wildman–Crippen MR) is 81.8 cm³/mol. The Bertz CT molecular complexity index is 558. The molecule has 0 fully saturated rings. The van der Waals surface area contributed by atoms with Crippen LogP contribution in [0.3, 0.4) is 0 Å². The molecule has 1 aromatic rings. The fourth-order valence-corrected chi connectivity index (χ4v) is 3.62. The molecule has 0 spiro atoms. The molecule has 20 heavy (non-hydrogen) atoms. The van der Waals surface area contributed by atoms with Gasteiger partial charge in [0.15, 0.2) is 0 Å². The van der Waals surface area contributed by atoms with Gasteiger partial charge in [-0.3, -0.25) is 0 Å². The second-order valence-electron chi connectivity index (χ2n) is 4.70. The molecule has 0 aliphatic carbocycles. The van der Waals surface area contributed by atoms with Crippen LogP contribution in [0.1, 0.15) is 23.6 Å². The number of ether oxygens (including phenoxy) is 1. The quantitative estimate of drug-likeness (QED) is 0.573. The number of likely N-dealkylation sites (N-methyl/N-ethyl adjacent to an activating group) is 1. The van der Waals surface area contributed by atoms with Gasteiger partial charge in [-0.2, -0.15) is 4.31 Å². The summed E-state index contributed by atoms with van der Waals surface area (Å²) in [6, 6.07) is 3.53. The van der Waals surface area contributed by atoms with E-state index in [1.54, 1.807) is 20.0 Å². The van der Waals surface area contributed by atoms with Gasteiger partial charge in [0.2, 0.25) is 10.0 Å². The Morgan fingerprint density at radius 2 is 1.90 bits per heavy atom. The number of hydrogen-bond donors (Lipinski definition) is 0. The maximum absolute atomic E-state index is 12.6. The van der Waals surface area contributed by atoms with Crippen LogP contribution in [0.5, 0.6) is 0 Å². The molecular formula is C14H22ClNO3S. The molecule has 0 unspecified atom stereocenters. The minimum absolute atomic E-state index is 0.303. The van der Waals surface area contributed by atoms with E-state index in [0.717, 1.165) is 16.7 Å². The fraction of sp³-hybridized carbons (Fsp3) is 0.571. The van der Waals surface area contributed by atoms with Crippen molar-refractivity contribution in [1.82, 2.24) is 4.31 Å². The monoisotopic (exact) mass is 319 g/mol. The minimum Gasteiger partial charge on any atom is -0.380 e. The minimum atomic E-state index is -3.50. The topological polar surface area (TPSA) is 46.6 Å². The zero-order valence-corrected chi connectivity index (χ0v) is 14.0. The van der Waals surface area contributed by atoms with Crippen molar-refractivity contribution >= 4 is 21.6 Å². The normalized spacial score (nSPS) is 12.1. The molecular weight excluding hydrogens is 298 g/mol. The van der Waals surface area contributed by atoms with Gasteiger partial charge in [-0.05, 0) is 43.5 Å². The highest BCUT2D eigenvalue weighted by molar-refractivity contribution is 7.89. The van der Waals surface area contributed by atoms with Gasteiger partial charge in [-0.25, -0.2) is 8.42 Å². The molecule has 1 rings (SSSR count). The Labute approximate surface area is 126 Å². The third-order valence-electron chi connectivity index (χ3n) is 3.22. The Morgan fingerprint density at radius 3 is 2.45 bits per heavy atom. The van der Waals surface area contributed by atoms with E-state index in [9.17, 15) is 8.42 Å². The highest BCUT2D eigenvalue weighted by Crippen LogP contribution is 2.24. The van der Waals surface area contributed by atoms with Crippen LogP contribution in [-0.2, 0) is 20.6 Å². The summed E-state index contributed by atoms with van der Waals surface area (Å²) in [6.45, 7) is 6.91. The summed E-state index contributed by atoms with van der Waals surface area (Å²) in [5.74, 6) is 0.303. The van der Waals surface area contributed by atoms with E-state index in [4.69, 9.17) is 16.3 Å². The van der Waals surface area contributed by atoms with Crippen LogP contribution in [0.15, 0.2) is 17.0 Å². The lowest BCUT2D eigenvalue weighted by atomic mass is 10.1. The summed E-state index contributed by atoms with van der Waals surface area (Å²) in [5, 5.41) is 0. The van der Waals surface area contributed by atoms with Crippen LogP contribution < -0.4 is 0 Å². The Morgan fingerprint density at radius 1 is 1.25 bits per heavy atom. The van der Waals surface area contributed by atoms with Crippen molar-refractivity contribution < 1.29 is 13.2 Å². The third kappa shape index (κ3) is 3.95. The summed E-state index contributed by atoms with van der Waals surface area (Å²) in [7, 11) is -1.94. The molecule has 0 N–H and O–H groups in total. The van der Waals surface area contributed by atoms with Crippen LogP contribution in [0.2, 0.25) is 0 Å². The molecule has 0 amide bonds. The smallest absolute Gasteiger partial charge is 0.243 e. The lowest BCUT2D eigenvalue weighted by Crippen LogP contribution is -2.31. The predicted octanol–water partition coefficient (Wildman–Crippen LogP) is 2.70. The van der Waals surface area contributed by atoms with Crippen molar-refractivity contribution in [1.29, 1.82) is 0 Å². The van der Waals surface area contributed by atoms with E-state index in [1.807, 2.05) is 19.9 Å². The van der Waals surface area contributed by atoms with E-state index in [-0.39, 0.29) is 0 Å². The molecule has 0 atom stereocenters. The maximum Gasteiger partial charge on any atom is 0.243 e. The van der Waals surface area contributed by atoms with Crippen molar-refractivity contribution in [3.8, 4) is 0 Å². The summed E-state index contributed by atoms with van der Waals surface area (Å²) in [6.07, 6.45) is 0. The van der Waals surface area contributed by atoms with Crippen LogP contribution in [0.4, 0.5) is 0 Å². The number of alkyl halides is 1. The number of benzene rings is 1. The van der Waals surface area contributed by atoms with Gasteiger partial charge < -0.3 is 4.74 Å². The third-order valence-corrected chi connectivity index (χ3v) is 5.51. The van der Waals surface area contributed by atoms with Crippen molar-refractivity contribution in [2.24, 2.45) is 0 Å². The van der Waals surface area contributed by atoms with E-state index in [2.05, 4.69) is 0 Å². The molecule has 4 nitrogen and oxygen atoms in total. The molecule has 0 saturated carbocycles. The first-order valence-electron chi connectivity index (χ1n) is 6.54. The molecule has 0 saturated heterocycles. The van der Waals surface area contributed by atoms with Gasteiger partial charge >= 0.3 is 0 Å². The number of rotatable bonds is 7. The number of hydrogen-bond acceptors (Lipinski definition) is 3. The Hall–Kier alpha value is -0.620. The molecule has 6 heteroatoms. The number of sulfonamides is 1. The van der Waals surface area contributed by atoms with E-state index >= 15 is 0 Å². The van der Waals surface area contributed by atoms with Gasteiger partial charge in [0.05, 0.1) is 11.5 Å². The first kappa shape index (κ1) is 17.4. The molecule has 114 valence electrons. The molecule has 0 aliphatic rings. The average Bonchev–Trinajstić information content (AvgIpc) is 2.38. The first-order valence-corrected chi connectivity index (χ1v) is 8.52. The van der Waals surface area contributed by atoms with Gasteiger partial charge in [0.25, 0.3) is 0 Å². The standard InChI is InChI=1S/C14H22ClNO3S/c1-5-19-7-6-16(4)20(17,18)14-9-13(10-15)11(2)8-12(14)3/h8-9H,5-7,10H2,1-4H3. The molecule has 0 heterocycles. The van der Waals surface area contributed by atoms with E-state index in [1.165, 1.54) is 4.31 Å². The zero-order chi connectivity index (χ0) is 15.3. The lowest BCUT2D eigenvalue weighted by molar-refractivity contribution is 0.138.